The summed E-state index contributed by atoms with van der Waals surface area (Å²) in [6, 6.07) is 64.1. The average molecular weight is 829 g/mol. The van der Waals surface area contributed by atoms with Crippen LogP contribution in [0.1, 0.15) is 11.1 Å². The van der Waals surface area contributed by atoms with Gasteiger partial charge < -0.3 is 0 Å². The molecule has 0 bridgehead atoms. The van der Waals surface area contributed by atoms with Crippen LogP contribution in [-0.4, -0.2) is 0 Å². The third-order valence-electron chi connectivity index (χ3n) is 14.4. The molecule has 0 spiro atoms. The van der Waals surface area contributed by atoms with Gasteiger partial charge in [-0.2, -0.15) is 10.5 Å². The van der Waals surface area contributed by atoms with Crippen LogP contribution in [0.2, 0.25) is 0 Å². The van der Waals surface area contributed by atoms with Crippen LogP contribution in [0.15, 0.2) is 170 Å². The molecule has 4 nitrogen and oxygen atoms in total. The van der Waals surface area contributed by atoms with Crippen LogP contribution < -0.4 is 0 Å². The van der Waals surface area contributed by atoms with Gasteiger partial charge in [-0.1, -0.05) is 109 Å². The van der Waals surface area contributed by atoms with Gasteiger partial charge in [0, 0.05) is 5.56 Å². The highest BCUT2D eigenvalue weighted by Gasteiger charge is 2.28. The van der Waals surface area contributed by atoms with E-state index in [0.29, 0.717) is 22.5 Å². The minimum absolute atomic E-state index is 0.538. The summed E-state index contributed by atoms with van der Waals surface area (Å²) < 4.78 is 0. The summed E-state index contributed by atoms with van der Waals surface area (Å²) in [6.45, 7) is 16.4. The molecule has 0 fully saturated rings. The van der Waals surface area contributed by atoms with Gasteiger partial charge in [0.15, 0.2) is 11.4 Å². The highest BCUT2D eigenvalue weighted by atomic mass is 14.6. The van der Waals surface area contributed by atoms with Crippen molar-refractivity contribution >= 4 is 86.8 Å². The Kier molecular flexibility index (Phi) is 7.08. The van der Waals surface area contributed by atoms with E-state index in [2.05, 4.69) is 131 Å². The normalized spacial score (nSPS) is 11.9. The maximum Gasteiger partial charge on any atom is 0.195 e. The van der Waals surface area contributed by atoms with Crippen molar-refractivity contribution in [2.75, 3.05) is 0 Å². The van der Waals surface area contributed by atoms with Crippen LogP contribution in [0.4, 0.5) is 11.4 Å². The lowest BCUT2D eigenvalue weighted by Crippen LogP contribution is -1.94. The Morgan fingerprint density at radius 2 is 0.803 bits per heavy atom. The Labute approximate surface area is 378 Å². The summed E-state index contributed by atoms with van der Waals surface area (Å²) >= 11 is 0. The summed E-state index contributed by atoms with van der Waals surface area (Å²) in [5.74, 6) is 0. The Morgan fingerprint density at radius 3 is 1.33 bits per heavy atom. The van der Waals surface area contributed by atoms with Gasteiger partial charge in [0.25, 0.3) is 0 Å². The molecule has 0 saturated heterocycles. The fourth-order valence-electron chi connectivity index (χ4n) is 11.6. The molecule has 2 aliphatic carbocycles. The van der Waals surface area contributed by atoms with Crippen molar-refractivity contribution in [3.05, 3.63) is 204 Å². The molecule has 0 radical (unpaired) electrons. The molecule has 296 valence electrons. The van der Waals surface area contributed by atoms with E-state index in [1.807, 2.05) is 60.7 Å². The molecule has 0 aliphatic heterocycles. The van der Waals surface area contributed by atoms with Crippen LogP contribution in [0.25, 0.3) is 152 Å². The lowest BCUT2D eigenvalue weighted by atomic mass is 9.82. The first-order valence-electron chi connectivity index (χ1n) is 21.8. The van der Waals surface area contributed by atoms with Gasteiger partial charge in [-0.15, -0.1) is 0 Å². The first kappa shape index (κ1) is 36.0. The van der Waals surface area contributed by atoms with E-state index in [4.69, 9.17) is 13.1 Å². The van der Waals surface area contributed by atoms with Crippen LogP contribution >= 0.6 is 0 Å². The lowest BCUT2D eigenvalue weighted by molar-refractivity contribution is 1.49. The van der Waals surface area contributed by atoms with Gasteiger partial charge in [0.2, 0.25) is 0 Å². The topological polar surface area (TPSA) is 56.3 Å². The predicted octanol–water partition coefficient (Wildman–Crippen LogP) is 17.2. The summed E-state index contributed by atoms with van der Waals surface area (Å²) in [4.78, 5) is 7.92. The smallest absolute Gasteiger partial charge is 0.195 e. The van der Waals surface area contributed by atoms with E-state index in [0.717, 1.165) is 98.4 Å². The molecule has 14 rings (SSSR count). The van der Waals surface area contributed by atoms with Crippen LogP contribution in [0.5, 0.6) is 0 Å². The largest absolute Gasteiger partial charge is 0.238 e. The van der Waals surface area contributed by atoms with Gasteiger partial charge in [-0.05, 0) is 197 Å². The van der Waals surface area contributed by atoms with Crippen molar-refractivity contribution in [3.63, 3.8) is 0 Å². The lowest BCUT2D eigenvalue weighted by Gasteiger charge is -2.21. The molecule has 0 N–H and O–H groups in total. The Hall–Kier alpha value is -9.58. The summed E-state index contributed by atoms with van der Waals surface area (Å²) in [5, 5.41) is 35.5. The molecular weight excluding hydrogens is 801 g/mol. The van der Waals surface area contributed by atoms with Gasteiger partial charge in [0.05, 0.1) is 36.4 Å². The fraction of sp³-hybridized carbons (Fsp3) is 0. The second-order valence-corrected chi connectivity index (χ2v) is 17.5. The van der Waals surface area contributed by atoms with Gasteiger partial charge in [0.1, 0.15) is 0 Å². The number of hydrogen-bond acceptors (Lipinski definition) is 2. The molecule has 4 heteroatoms. The summed E-state index contributed by atoms with van der Waals surface area (Å²) in [7, 11) is 0. The quantitative estimate of drug-likeness (QED) is 0.129. The van der Waals surface area contributed by atoms with E-state index >= 15 is 0 Å². The number of rotatable bonds is 2. The molecular formula is C62H28N4. The second kappa shape index (κ2) is 13.0. The SMILES string of the molecule is [C-]#[N+]c1ccc2c(-c3cc4c5cc6c(cc5c(-c5c([N+]#[C-])ccc7cc(C#N)ccc57)cc4c4cc5c(cc34)-c3cccc4cccc-5c34)-c3cccc4cccc-6c34)c(C#N)ccc2c1. The zero-order valence-corrected chi connectivity index (χ0v) is 35.0. The molecule has 0 aromatic heterocycles. The molecule has 66 heavy (non-hydrogen) atoms. The maximum atomic E-state index is 10.9. The zero-order chi connectivity index (χ0) is 43.9. The monoisotopic (exact) mass is 828 g/mol. The minimum atomic E-state index is 0.538. The molecule has 0 heterocycles. The molecule has 12 aromatic carbocycles. The second-order valence-electron chi connectivity index (χ2n) is 17.5. The van der Waals surface area contributed by atoms with Gasteiger partial charge in [-0.25, -0.2) is 9.69 Å². The van der Waals surface area contributed by atoms with Crippen LogP contribution in [0.3, 0.4) is 0 Å². The van der Waals surface area contributed by atoms with Gasteiger partial charge >= 0.3 is 0 Å². The third kappa shape index (κ3) is 4.67. The number of fused-ring (bicyclic) bond motifs is 13. The molecule has 0 amide bonds. The van der Waals surface area contributed by atoms with E-state index in [1.54, 1.807) is 0 Å². The third-order valence-corrected chi connectivity index (χ3v) is 14.4. The summed E-state index contributed by atoms with van der Waals surface area (Å²) in [5.41, 5.74) is 15.1. The molecule has 2 aliphatic rings. The number of nitriles is 2. The van der Waals surface area contributed by atoms with E-state index in [-0.39, 0.29) is 0 Å². The number of benzene rings is 12. The maximum absolute atomic E-state index is 10.9. The molecule has 12 aromatic rings. The van der Waals surface area contributed by atoms with Crippen molar-refractivity contribution < 1.29 is 0 Å². The van der Waals surface area contributed by atoms with Crippen molar-refractivity contribution in [2.45, 2.75) is 0 Å². The Balaban J connectivity index is 1.22. The van der Waals surface area contributed by atoms with E-state index in [1.165, 1.54) is 43.8 Å². The number of hydrogen-bond donors (Lipinski definition) is 0. The summed E-state index contributed by atoms with van der Waals surface area (Å²) in [6.07, 6.45) is 0. The van der Waals surface area contributed by atoms with Gasteiger partial charge in [-0.3, -0.25) is 0 Å². The standard InChI is InChI=1S/C62H28N4/c1-65-39-19-21-40-37(24-39)16-17-38(32-64)61(40)56-29-52-51-26-47-43-12-4-8-35-10-6-14-45(60(35)43)49(47)28-55(51)57(62-41-20-15-33(31-63)23-36(41)18-22-58(62)66-2)30-53(52)50-25-46-42-11-3-7-34-9-5-13-44(59(34)42)48(46)27-54(50)56/h3-30H. The first-order valence-corrected chi connectivity index (χ1v) is 21.8. The number of nitrogens with zero attached hydrogens (tertiary/aromatic N) is 4. The first-order chi connectivity index (χ1) is 32.5. The zero-order valence-electron chi connectivity index (χ0n) is 35.0. The Morgan fingerprint density at radius 1 is 0.333 bits per heavy atom. The van der Waals surface area contributed by atoms with Crippen molar-refractivity contribution in [3.8, 4) is 78.9 Å². The highest BCUT2D eigenvalue weighted by molar-refractivity contribution is 6.31. The van der Waals surface area contributed by atoms with Crippen LogP contribution in [-0.2, 0) is 0 Å². The molecule has 0 unspecified atom stereocenters. The fourth-order valence-corrected chi connectivity index (χ4v) is 11.6. The van der Waals surface area contributed by atoms with E-state index < -0.39 is 0 Å². The molecule has 0 saturated carbocycles. The Bertz CT molecular complexity index is 4210. The predicted molar refractivity (Wildman–Crippen MR) is 271 cm³/mol. The van der Waals surface area contributed by atoms with Crippen LogP contribution in [0, 0.1) is 35.8 Å². The average Bonchev–Trinajstić information content (AvgIpc) is 3.86. The van der Waals surface area contributed by atoms with E-state index in [9.17, 15) is 10.5 Å². The van der Waals surface area contributed by atoms with Crippen molar-refractivity contribution in [1.82, 2.24) is 0 Å². The van der Waals surface area contributed by atoms with Crippen molar-refractivity contribution in [2.24, 2.45) is 0 Å². The minimum Gasteiger partial charge on any atom is -0.238 e. The molecule has 0 atom stereocenters. The van der Waals surface area contributed by atoms with Crippen molar-refractivity contribution in [1.29, 1.82) is 10.5 Å². The highest BCUT2D eigenvalue weighted by Crippen LogP contribution is 2.55.